The smallest absolute Gasteiger partial charge is 0.289 e. The highest BCUT2D eigenvalue weighted by Gasteiger charge is 2.70. The number of nitrogens with two attached hydrogens (primary N) is 1. The van der Waals surface area contributed by atoms with Crippen LogP contribution >= 0.6 is 23.2 Å². The molecular weight excluding hydrogens is 513 g/mol. The van der Waals surface area contributed by atoms with Gasteiger partial charge in [0.25, 0.3) is 5.69 Å². The van der Waals surface area contributed by atoms with Crippen molar-refractivity contribution in [2.24, 2.45) is 17.6 Å². The molecule has 2 fully saturated rings. The molecule has 13 heteroatoms. The topological polar surface area (TPSA) is 165 Å². The fourth-order valence-corrected chi connectivity index (χ4v) is 5.91. The lowest BCUT2D eigenvalue weighted by atomic mass is 9.76. The number of rotatable bonds is 5. The number of nitrogens with zero attached hydrogens (tertiary/aromatic N) is 2. The maximum Gasteiger partial charge on any atom is 0.289 e. The van der Waals surface area contributed by atoms with Gasteiger partial charge in [0.15, 0.2) is 0 Å². The molecule has 0 unspecified atom stereocenters. The Labute approximate surface area is 214 Å². The quantitative estimate of drug-likeness (QED) is 0.302. The van der Waals surface area contributed by atoms with Gasteiger partial charge in [-0.2, -0.15) is 0 Å². The summed E-state index contributed by atoms with van der Waals surface area (Å²) in [6.07, 6.45) is 0.0139. The van der Waals surface area contributed by atoms with Gasteiger partial charge in [-0.25, -0.2) is 4.90 Å². The first-order chi connectivity index (χ1) is 17.0. The molecular formula is C23H19Cl2N5O6. The molecule has 4 N–H and O–H groups in total. The Balaban J connectivity index is 1.67. The highest BCUT2D eigenvalue weighted by molar-refractivity contribution is 6.33. The third-order valence-corrected chi connectivity index (χ3v) is 7.90. The fraction of sp³-hybridized carbons (Fsp3) is 0.304. The number of benzene rings is 2. The lowest BCUT2D eigenvalue weighted by Gasteiger charge is -2.29. The standard InChI is InChI=1S/C23H19Cl2N5O6/c1-9-12(24)5-3-11-19(9)27-22(34)23(11)18-17(14(28-23)6-7-16(26)31)20(32)29(21(18)33)10-2-4-13(25)15(8-10)30(35)36/h2-5,8,14,17-18,28H,6-7H2,1H3,(H2,26,31)(H,27,34)/t14-,17-,18-,23-/m1/s1. The molecule has 1 spiro atoms. The summed E-state index contributed by atoms with van der Waals surface area (Å²) in [7, 11) is 0. The third kappa shape index (κ3) is 3.23. The van der Waals surface area contributed by atoms with Crippen molar-refractivity contribution in [3.63, 3.8) is 0 Å². The molecule has 2 aromatic rings. The van der Waals surface area contributed by atoms with E-state index in [1.54, 1.807) is 19.1 Å². The summed E-state index contributed by atoms with van der Waals surface area (Å²) in [5.74, 6) is -4.70. The number of halogens is 2. The van der Waals surface area contributed by atoms with E-state index in [1.165, 1.54) is 12.1 Å². The molecule has 4 amide bonds. The summed E-state index contributed by atoms with van der Waals surface area (Å²) >= 11 is 12.2. The molecule has 3 aliphatic heterocycles. The second kappa shape index (κ2) is 8.26. The van der Waals surface area contributed by atoms with E-state index < -0.39 is 57.7 Å². The predicted octanol–water partition coefficient (Wildman–Crippen LogP) is 2.40. The average Bonchev–Trinajstić information content (AvgIpc) is 3.40. The number of anilines is 2. The van der Waals surface area contributed by atoms with Gasteiger partial charge >= 0.3 is 0 Å². The first-order valence-electron chi connectivity index (χ1n) is 11.0. The molecule has 3 heterocycles. The third-order valence-electron chi connectivity index (χ3n) is 7.17. The van der Waals surface area contributed by atoms with Gasteiger partial charge in [0.05, 0.1) is 28.1 Å². The van der Waals surface area contributed by atoms with Gasteiger partial charge in [0.2, 0.25) is 23.6 Å². The Kier molecular flexibility index (Phi) is 5.54. The van der Waals surface area contributed by atoms with Crippen LogP contribution in [-0.2, 0) is 24.7 Å². The molecule has 4 atom stereocenters. The van der Waals surface area contributed by atoms with Crippen molar-refractivity contribution in [1.82, 2.24) is 5.32 Å². The number of amides is 4. The van der Waals surface area contributed by atoms with Gasteiger partial charge < -0.3 is 11.1 Å². The molecule has 0 saturated carbocycles. The van der Waals surface area contributed by atoms with Gasteiger partial charge in [0.1, 0.15) is 10.6 Å². The number of imide groups is 1. The molecule has 36 heavy (non-hydrogen) atoms. The summed E-state index contributed by atoms with van der Waals surface area (Å²) in [6.45, 7) is 1.72. The minimum absolute atomic E-state index is 0.0368. The Morgan fingerprint density at radius 3 is 2.53 bits per heavy atom. The summed E-state index contributed by atoms with van der Waals surface area (Å²) < 4.78 is 0. The molecule has 2 aromatic carbocycles. The second-order valence-corrected chi connectivity index (χ2v) is 9.84. The molecule has 0 radical (unpaired) electrons. The number of primary amides is 1. The van der Waals surface area contributed by atoms with Crippen LogP contribution in [0.25, 0.3) is 0 Å². The average molecular weight is 532 g/mol. The van der Waals surface area contributed by atoms with E-state index in [1.807, 2.05) is 0 Å². The number of nitrogens with one attached hydrogen (secondary N) is 2. The molecule has 186 valence electrons. The summed E-state index contributed by atoms with van der Waals surface area (Å²) in [5, 5.41) is 17.6. The van der Waals surface area contributed by atoms with Crippen molar-refractivity contribution < 1.29 is 24.1 Å². The predicted molar refractivity (Wildman–Crippen MR) is 129 cm³/mol. The minimum Gasteiger partial charge on any atom is -0.370 e. The SMILES string of the molecule is Cc1c(Cl)ccc2c1NC(=O)[C@@]21N[C@H](CCC(N)=O)[C@H]2C(=O)N(c3ccc(Cl)c([N+](=O)[O-])c3)C(=O)[C@@H]21. The molecule has 5 rings (SSSR count). The first kappa shape index (κ1) is 24.2. The second-order valence-electron chi connectivity index (χ2n) is 9.02. The Bertz CT molecular complexity index is 1400. The summed E-state index contributed by atoms with van der Waals surface area (Å²) in [6, 6.07) is 6.08. The summed E-state index contributed by atoms with van der Waals surface area (Å²) in [4.78, 5) is 64.2. The van der Waals surface area contributed by atoms with E-state index in [9.17, 15) is 29.3 Å². The van der Waals surface area contributed by atoms with E-state index in [0.717, 1.165) is 11.0 Å². The minimum atomic E-state index is -1.61. The number of carbonyl (C=O) groups is 4. The zero-order valence-electron chi connectivity index (χ0n) is 18.7. The van der Waals surface area contributed by atoms with Crippen molar-refractivity contribution in [2.75, 3.05) is 10.2 Å². The number of nitro benzene ring substituents is 1. The van der Waals surface area contributed by atoms with Crippen LogP contribution < -0.4 is 21.3 Å². The largest absolute Gasteiger partial charge is 0.370 e. The molecule has 11 nitrogen and oxygen atoms in total. The van der Waals surface area contributed by atoms with E-state index in [4.69, 9.17) is 28.9 Å². The highest BCUT2D eigenvalue weighted by atomic mass is 35.5. The van der Waals surface area contributed by atoms with Crippen LogP contribution in [-0.4, -0.2) is 34.6 Å². The summed E-state index contributed by atoms with van der Waals surface area (Å²) in [5.41, 5.74) is 4.70. The maximum atomic E-state index is 13.9. The van der Waals surface area contributed by atoms with E-state index in [0.29, 0.717) is 21.8 Å². The van der Waals surface area contributed by atoms with E-state index >= 15 is 0 Å². The van der Waals surface area contributed by atoms with Crippen LogP contribution in [0.4, 0.5) is 17.1 Å². The van der Waals surface area contributed by atoms with Gasteiger partial charge in [-0.1, -0.05) is 29.3 Å². The molecule has 0 bridgehead atoms. The Morgan fingerprint density at radius 1 is 1.17 bits per heavy atom. The van der Waals surface area contributed by atoms with Crippen molar-refractivity contribution in [2.45, 2.75) is 31.3 Å². The fourth-order valence-electron chi connectivity index (χ4n) is 5.57. The van der Waals surface area contributed by atoms with Crippen LogP contribution in [0.15, 0.2) is 30.3 Å². The molecule has 2 saturated heterocycles. The molecule has 3 aliphatic rings. The molecule has 0 aromatic heterocycles. The number of fused-ring (bicyclic) bond motifs is 4. The van der Waals surface area contributed by atoms with Gasteiger partial charge in [-0.3, -0.25) is 34.6 Å². The Morgan fingerprint density at radius 2 is 1.86 bits per heavy atom. The number of hydrogen-bond donors (Lipinski definition) is 3. The van der Waals surface area contributed by atoms with Crippen molar-refractivity contribution in [3.05, 3.63) is 61.6 Å². The first-order valence-corrected chi connectivity index (χ1v) is 11.7. The van der Waals surface area contributed by atoms with Gasteiger partial charge in [-0.15, -0.1) is 0 Å². The monoisotopic (exact) mass is 531 g/mol. The van der Waals surface area contributed by atoms with Crippen molar-refractivity contribution in [3.8, 4) is 0 Å². The van der Waals surface area contributed by atoms with Crippen LogP contribution in [0, 0.1) is 28.9 Å². The Hall–Kier alpha value is -3.54. The number of nitro groups is 1. The van der Waals surface area contributed by atoms with Gasteiger partial charge in [0, 0.05) is 29.1 Å². The van der Waals surface area contributed by atoms with Crippen molar-refractivity contribution in [1.29, 1.82) is 0 Å². The number of carbonyl (C=O) groups excluding carboxylic acids is 4. The molecule has 0 aliphatic carbocycles. The van der Waals surface area contributed by atoms with Gasteiger partial charge in [-0.05, 0) is 37.1 Å². The lowest BCUT2D eigenvalue weighted by Crippen LogP contribution is -2.53. The zero-order valence-corrected chi connectivity index (χ0v) is 20.2. The normalized spacial score (nSPS) is 26.4. The van der Waals surface area contributed by atoms with Crippen molar-refractivity contribution >= 4 is 63.9 Å². The van der Waals surface area contributed by atoms with E-state index in [-0.39, 0.29) is 23.6 Å². The highest BCUT2D eigenvalue weighted by Crippen LogP contribution is 2.55. The van der Waals surface area contributed by atoms with Crippen LogP contribution in [0.2, 0.25) is 10.0 Å². The zero-order chi connectivity index (χ0) is 26.1. The number of hydrogen-bond acceptors (Lipinski definition) is 7. The van der Waals surface area contributed by atoms with Crippen LogP contribution in [0.5, 0.6) is 0 Å². The lowest BCUT2D eigenvalue weighted by molar-refractivity contribution is -0.384. The maximum absolute atomic E-state index is 13.9. The van der Waals surface area contributed by atoms with Crippen LogP contribution in [0.3, 0.4) is 0 Å². The van der Waals surface area contributed by atoms with Crippen LogP contribution in [0.1, 0.15) is 24.0 Å². The van der Waals surface area contributed by atoms with E-state index in [2.05, 4.69) is 10.6 Å².